The highest BCUT2D eigenvalue weighted by atomic mass is 16.5. The third-order valence-electron chi connectivity index (χ3n) is 5.80. The molecule has 1 heterocycles. The molecule has 4 heteroatoms. The Kier molecular flexibility index (Phi) is 6.49. The normalized spacial score (nSPS) is 22.6. The van der Waals surface area contributed by atoms with E-state index < -0.39 is 0 Å². The van der Waals surface area contributed by atoms with E-state index in [-0.39, 0.29) is 17.9 Å². The van der Waals surface area contributed by atoms with Crippen molar-refractivity contribution in [1.82, 2.24) is 4.90 Å². The van der Waals surface area contributed by atoms with Gasteiger partial charge in [0, 0.05) is 19.1 Å². The molecule has 1 aliphatic heterocycles. The van der Waals surface area contributed by atoms with Crippen LogP contribution in [0, 0.1) is 5.92 Å². The van der Waals surface area contributed by atoms with Crippen molar-refractivity contribution in [2.75, 3.05) is 13.1 Å². The molecule has 4 nitrogen and oxygen atoms in total. The summed E-state index contributed by atoms with van der Waals surface area (Å²) in [6.07, 6.45) is 9.06. The van der Waals surface area contributed by atoms with Crippen LogP contribution in [0.3, 0.4) is 0 Å². The molecule has 138 valence electrons. The van der Waals surface area contributed by atoms with E-state index in [2.05, 4.69) is 0 Å². The van der Waals surface area contributed by atoms with E-state index in [4.69, 9.17) is 10.5 Å². The van der Waals surface area contributed by atoms with Gasteiger partial charge >= 0.3 is 0 Å². The number of nitrogens with two attached hydrogens (primary N) is 1. The highest BCUT2D eigenvalue weighted by Gasteiger charge is 2.30. The fourth-order valence-corrected chi connectivity index (χ4v) is 4.09. The van der Waals surface area contributed by atoms with Crippen LogP contribution in [0.4, 0.5) is 0 Å². The van der Waals surface area contributed by atoms with Gasteiger partial charge in [0.1, 0.15) is 0 Å². The van der Waals surface area contributed by atoms with Crippen LogP contribution in [-0.4, -0.2) is 36.1 Å². The Labute approximate surface area is 151 Å². The van der Waals surface area contributed by atoms with Crippen molar-refractivity contribution >= 4 is 5.91 Å². The van der Waals surface area contributed by atoms with Crippen LogP contribution in [0.25, 0.3) is 0 Å². The van der Waals surface area contributed by atoms with E-state index >= 15 is 0 Å². The molecule has 1 aliphatic carbocycles. The first kappa shape index (κ1) is 18.4. The first-order valence-corrected chi connectivity index (χ1v) is 9.90. The number of likely N-dealkylation sites (tertiary alicyclic amines) is 1. The van der Waals surface area contributed by atoms with Crippen molar-refractivity contribution < 1.29 is 9.53 Å². The van der Waals surface area contributed by atoms with Gasteiger partial charge in [-0.2, -0.15) is 0 Å². The lowest BCUT2D eigenvalue weighted by Crippen LogP contribution is -2.45. The minimum absolute atomic E-state index is 0.174. The molecule has 2 atom stereocenters. The molecule has 0 spiro atoms. The Balaban J connectivity index is 1.47. The summed E-state index contributed by atoms with van der Waals surface area (Å²) in [5.74, 6) is -0.0225. The molecule has 0 aromatic heterocycles. The Morgan fingerprint density at radius 2 is 1.64 bits per heavy atom. The summed E-state index contributed by atoms with van der Waals surface area (Å²) < 4.78 is 6.27. The number of hydrogen-bond acceptors (Lipinski definition) is 3. The first-order chi connectivity index (χ1) is 12.1. The topological polar surface area (TPSA) is 55.6 Å². The maximum Gasteiger partial charge on any atom is 0.227 e. The zero-order valence-corrected chi connectivity index (χ0v) is 15.4. The lowest BCUT2D eigenvalue weighted by molar-refractivity contribution is -0.139. The van der Waals surface area contributed by atoms with Crippen molar-refractivity contribution in [3.05, 3.63) is 35.9 Å². The summed E-state index contributed by atoms with van der Waals surface area (Å²) >= 11 is 0. The second-order valence-corrected chi connectivity index (χ2v) is 7.65. The SMILES string of the molecule is C[C@H](C(=O)N1CCC(OC2CCCCC2)CC1)[C@@H](N)c1ccccc1. The smallest absolute Gasteiger partial charge is 0.227 e. The summed E-state index contributed by atoms with van der Waals surface area (Å²) in [4.78, 5) is 14.8. The van der Waals surface area contributed by atoms with Crippen LogP contribution in [0.5, 0.6) is 0 Å². The van der Waals surface area contributed by atoms with Crippen molar-refractivity contribution in [2.24, 2.45) is 11.7 Å². The molecule has 1 saturated heterocycles. The minimum Gasteiger partial charge on any atom is -0.375 e. The average molecular weight is 344 g/mol. The van der Waals surface area contributed by atoms with Gasteiger partial charge in [-0.05, 0) is 31.2 Å². The van der Waals surface area contributed by atoms with Crippen molar-refractivity contribution in [1.29, 1.82) is 0 Å². The highest BCUT2D eigenvalue weighted by Crippen LogP contribution is 2.26. The summed E-state index contributed by atoms with van der Waals surface area (Å²) in [6, 6.07) is 9.67. The average Bonchev–Trinajstić information content (AvgIpc) is 2.68. The Bertz CT molecular complexity index is 534. The zero-order chi connectivity index (χ0) is 17.6. The third kappa shape index (κ3) is 4.83. The molecular weight excluding hydrogens is 312 g/mol. The second-order valence-electron chi connectivity index (χ2n) is 7.65. The van der Waals surface area contributed by atoms with Crippen LogP contribution in [0.1, 0.15) is 63.5 Å². The summed E-state index contributed by atoms with van der Waals surface area (Å²) in [6.45, 7) is 3.54. The van der Waals surface area contributed by atoms with Crippen LogP contribution < -0.4 is 5.73 Å². The van der Waals surface area contributed by atoms with E-state index in [0.717, 1.165) is 31.5 Å². The summed E-state index contributed by atoms with van der Waals surface area (Å²) in [5, 5.41) is 0. The number of hydrogen-bond donors (Lipinski definition) is 1. The predicted molar refractivity (Wildman–Crippen MR) is 100 cm³/mol. The summed E-state index contributed by atoms with van der Waals surface area (Å²) in [7, 11) is 0. The molecular formula is C21H32N2O2. The van der Waals surface area contributed by atoms with Gasteiger partial charge in [0.25, 0.3) is 0 Å². The van der Waals surface area contributed by atoms with Gasteiger partial charge < -0.3 is 15.4 Å². The van der Waals surface area contributed by atoms with Gasteiger partial charge in [0.2, 0.25) is 5.91 Å². The molecule has 0 radical (unpaired) electrons. The van der Waals surface area contributed by atoms with Crippen molar-refractivity contribution in [3.63, 3.8) is 0 Å². The lowest BCUT2D eigenvalue weighted by atomic mass is 9.93. The maximum atomic E-state index is 12.8. The fraction of sp³-hybridized carbons (Fsp3) is 0.667. The van der Waals surface area contributed by atoms with Crippen molar-refractivity contribution in [2.45, 2.75) is 70.1 Å². The van der Waals surface area contributed by atoms with E-state index in [1.165, 1.54) is 32.1 Å². The standard InChI is InChI=1S/C21H32N2O2/c1-16(20(22)17-8-4-2-5-9-17)21(24)23-14-12-19(13-15-23)25-18-10-6-3-7-11-18/h2,4-5,8-9,16,18-20H,3,6-7,10-15,22H2,1H3/t16-,20+/m0/s1. The zero-order valence-electron chi connectivity index (χ0n) is 15.4. The Hall–Kier alpha value is -1.39. The molecule has 25 heavy (non-hydrogen) atoms. The van der Waals surface area contributed by atoms with Gasteiger partial charge in [-0.15, -0.1) is 0 Å². The Morgan fingerprint density at radius 1 is 1.04 bits per heavy atom. The second kappa shape index (κ2) is 8.81. The van der Waals surface area contributed by atoms with Crippen LogP contribution in [0.15, 0.2) is 30.3 Å². The summed E-state index contributed by atoms with van der Waals surface area (Å²) in [5.41, 5.74) is 7.35. The van der Waals surface area contributed by atoms with Crippen LogP contribution in [-0.2, 0) is 9.53 Å². The molecule has 1 amide bonds. The monoisotopic (exact) mass is 344 g/mol. The van der Waals surface area contributed by atoms with Gasteiger partial charge in [0.05, 0.1) is 18.1 Å². The van der Waals surface area contributed by atoms with E-state index in [0.29, 0.717) is 12.2 Å². The quantitative estimate of drug-likeness (QED) is 0.887. The van der Waals surface area contributed by atoms with Crippen LogP contribution in [0.2, 0.25) is 0 Å². The van der Waals surface area contributed by atoms with Crippen molar-refractivity contribution in [3.8, 4) is 0 Å². The van der Waals surface area contributed by atoms with Gasteiger partial charge in [-0.1, -0.05) is 56.5 Å². The predicted octanol–water partition coefficient (Wildman–Crippen LogP) is 3.66. The molecule has 0 bridgehead atoms. The number of rotatable bonds is 5. The molecule has 2 N–H and O–H groups in total. The molecule has 1 aromatic carbocycles. The molecule has 2 fully saturated rings. The molecule has 0 unspecified atom stereocenters. The number of benzene rings is 1. The van der Waals surface area contributed by atoms with E-state index in [9.17, 15) is 4.79 Å². The number of ether oxygens (including phenoxy) is 1. The first-order valence-electron chi connectivity index (χ1n) is 9.90. The van der Waals surface area contributed by atoms with E-state index in [1.54, 1.807) is 0 Å². The Morgan fingerprint density at radius 3 is 2.28 bits per heavy atom. The van der Waals surface area contributed by atoms with Gasteiger partial charge in [0.15, 0.2) is 0 Å². The maximum absolute atomic E-state index is 12.8. The molecule has 3 rings (SSSR count). The number of nitrogens with zero attached hydrogens (tertiary/aromatic N) is 1. The van der Waals surface area contributed by atoms with Gasteiger partial charge in [-0.3, -0.25) is 4.79 Å². The van der Waals surface area contributed by atoms with Crippen LogP contribution >= 0.6 is 0 Å². The largest absolute Gasteiger partial charge is 0.375 e. The number of carbonyl (C=O) groups excluding carboxylic acids is 1. The number of amides is 1. The molecule has 1 aromatic rings. The number of piperidine rings is 1. The third-order valence-corrected chi connectivity index (χ3v) is 5.80. The fourth-order valence-electron chi connectivity index (χ4n) is 4.09. The van der Waals surface area contributed by atoms with Gasteiger partial charge in [-0.25, -0.2) is 0 Å². The number of carbonyl (C=O) groups is 1. The molecule has 2 aliphatic rings. The molecule has 1 saturated carbocycles. The lowest BCUT2D eigenvalue weighted by Gasteiger charge is -2.36. The minimum atomic E-state index is -0.245. The highest BCUT2D eigenvalue weighted by molar-refractivity contribution is 5.79. The van der Waals surface area contributed by atoms with E-state index in [1.807, 2.05) is 42.2 Å².